The molecule has 5 heteroatoms. The van der Waals surface area contributed by atoms with Crippen molar-refractivity contribution in [2.45, 2.75) is 11.8 Å². The maximum absolute atomic E-state index is 13.1. The Morgan fingerprint density at radius 3 is 1.97 bits per heavy atom. The Labute approximate surface area is 173 Å². The van der Waals surface area contributed by atoms with Crippen LogP contribution in [-0.2, 0) is 4.74 Å². The van der Waals surface area contributed by atoms with Crippen LogP contribution in [0.25, 0.3) is 0 Å². The molecule has 1 aliphatic rings. The van der Waals surface area contributed by atoms with Crippen molar-refractivity contribution in [3.05, 3.63) is 94.0 Å². The standard InChI is InChI=1S/C25H18O5/c1-3-16(14-10-12-15(13-11-14)25(29)30-2)21-17-6-4-8-19(26)22(17)24(28)23-18(21)7-5-9-20(23)27/h1,4-13,16,21,26-27H,2H3/t16-/m0/s1. The number of hydrogen-bond donors (Lipinski definition) is 2. The van der Waals surface area contributed by atoms with E-state index in [9.17, 15) is 19.8 Å². The number of phenolic OH excluding ortho intramolecular Hbond substituents is 2. The van der Waals surface area contributed by atoms with Crippen LogP contribution in [0, 0.1) is 12.3 Å². The number of rotatable bonds is 3. The second kappa shape index (κ2) is 7.41. The average Bonchev–Trinajstić information content (AvgIpc) is 2.76. The number of ketones is 1. The smallest absolute Gasteiger partial charge is 0.337 e. The van der Waals surface area contributed by atoms with Gasteiger partial charge in [-0.2, -0.15) is 0 Å². The first kappa shape index (κ1) is 19.3. The van der Waals surface area contributed by atoms with Crippen LogP contribution < -0.4 is 0 Å². The number of terminal acetylenes is 1. The Hall–Kier alpha value is -4.04. The van der Waals surface area contributed by atoms with E-state index < -0.39 is 23.6 Å². The molecule has 2 N–H and O–H groups in total. The lowest BCUT2D eigenvalue weighted by atomic mass is 9.69. The molecular weight excluding hydrogens is 380 g/mol. The first-order valence-electron chi connectivity index (χ1n) is 9.30. The summed E-state index contributed by atoms with van der Waals surface area (Å²) in [5, 5.41) is 20.8. The Morgan fingerprint density at radius 1 is 0.967 bits per heavy atom. The summed E-state index contributed by atoms with van der Waals surface area (Å²) >= 11 is 0. The molecule has 0 aliphatic heterocycles. The molecular formula is C25H18O5. The van der Waals surface area contributed by atoms with Gasteiger partial charge in [0.05, 0.1) is 29.7 Å². The molecule has 0 aromatic heterocycles. The van der Waals surface area contributed by atoms with Crippen molar-refractivity contribution >= 4 is 11.8 Å². The molecule has 3 aromatic rings. The van der Waals surface area contributed by atoms with Crippen molar-refractivity contribution < 1.29 is 24.5 Å². The number of methoxy groups -OCH3 is 1. The predicted octanol–water partition coefficient (Wildman–Crippen LogP) is 3.98. The second-order valence-corrected chi connectivity index (χ2v) is 7.05. The lowest BCUT2D eigenvalue weighted by Gasteiger charge is -2.32. The molecule has 0 bridgehead atoms. The van der Waals surface area contributed by atoms with Gasteiger partial charge in [-0.25, -0.2) is 4.79 Å². The number of fused-ring (bicyclic) bond motifs is 2. The van der Waals surface area contributed by atoms with Gasteiger partial charge in [-0.3, -0.25) is 4.79 Å². The highest BCUT2D eigenvalue weighted by Gasteiger charge is 2.38. The van der Waals surface area contributed by atoms with Gasteiger partial charge in [-0.1, -0.05) is 42.3 Å². The Bertz CT molecular complexity index is 1150. The third-order valence-corrected chi connectivity index (χ3v) is 5.48. The quantitative estimate of drug-likeness (QED) is 0.515. The lowest BCUT2D eigenvalue weighted by Crippen LogP contribution is -2.24. The molecule has 0 saturated carbocycles. The number of ether oxygens (including phenoxy) is 1. The molecule has 0 saturated heterocycles. The summed E-state index contributed by atoms with van der Waals surface area (Å²) in [5.74, 6) is 0.606. The molecule has 3 aromatic carbocycles. The summed E-state index contributed by atoms with van der Waals surface area (Å²) in [5.41, 5.74) is 2.63. The molecule has 5 nitrogen and oxygen atoms in total. The van der Waals surface area contributed by atoms with E-state index in [1.165, 1.54) is 19.2 Å². The SMILES string of the molecule is C#C[C@@H](c1ccc(C(=O)OC)cc1)C1c2cccc(O)c2C(=O)c2c(O)cccc21. The zero-order valence-electron chi connectivity index (χ0n) is 16.1. The zero-order valence-corrected chi connectivity index (χ0v) is 16.1. The van der Waals surface area contributed by atoms with Gasteiger partial charge in [-0.05, 0) is 41.0 Å². The van der Waals surface area contributed by atoms with Gasteiger partial charge in [0.25, 0.3) is 0 Å². The molecule has 0 radical (unpaired) electrons. The van der Waals surface area contributed by atoms with E-state index >= 15 is 0 Å². The summed E-state index contributed by atoms with van der Waals surface area (Å²) in [6.45, 7) is 0. The van der Waals surface area contributed by atoms with E-state index in [-0.39, 0.29) is 22.6 Å². The van der Waals surface area contributed by atoms with Crippen LogP contribution in [0.2, 0.25) is 0 Å². The summed E-state index contributed by atoms with van der Waals surface area (Å²) in [4.78, 5) is 24.8. The number of carbonyl (C=O) groups excluding carboxylic acids is 2. The summed E-state index contributed by atoms with van der Waals surface area (Å²) in [6, 6.07) is 16.5. The minimum atomic E-state index is -0.508. The van der Waals surface area contributed by atoms with Crippen LogP contribution in [0.1, 0.15) is 54.8 Å². The highest BCUT2D eigenvalue weighted by Crippen LogP contribution is 2.48. The van der Waals surface area contributed by atoms with Crippen LogP contribution in [0.4, 0.5) is 0 Å². The molecule has 0 unspecified atom stereocenters. The maximum Gasteiger partial charge on any atom is 0.337 e. The van der Waals surface area contributed by atoms with E-state index in [1.807, 2.05) is 0 Å². The zero-order chi connectivity index (χ0) is 21.4. The summed E-state index contributed by atoms with van der Waals surface area (Å²) < 4.78 is 4.74. The highest BCUT2D eigenvalue weighted by atomic mass is 16.5. The van der Waals surface area contributed by atoms with Crippen molar-refractivity contribution in [1.29, 1.82) is 0 Å². The van der Waals surface area contributed by atoms with Crippen LogP contribution >= 0.6 is 0 Å². The van der Waals surface area contributed by atoms with Crippen LogP contribution in [0.15, 0.2) is 60.7 Å². The third-order valence-electron chi connectivity index (χ3n) is 5.48. The molecule has 30 heavy (non-hydrogen) atoms. The number of hydrogen-bond acceptors (Lipinski definition) is 5. The van der Waals surface area contributed by atoms with E-state index in [0.717, 1.165) is 5.56 Å². The van der Waals surface area contributed by atoms with E-state index in [4.69, 9.17) is 11.2 Å². The number of phenols is 2. The lowest BCUT2D eigenvalue weighted by molar-refractivity contribution is 0.0600. The number of aromatic hydroxyl groups is 2. The van der Waals surface area contributed by atoms with Crippen molar-refractivity contribution in [2.75, 3.05) is 7.11 Å². The van der Waals surface area contributed by atoms with E-state index in [1.54, 1.807) is 48.5 Å². The fourth-order valence-corrected chi connectivity index (χ4v) is 4.11. The van der Waals surface area contributed by atoms with Gasteiger partial charge in [0.2, 0.25) is 5.78 Å². The monoisotopic (exact) mass is 398 g/mol. The Kier molecular flexibility index (Phi) is 4.77. The van der Waals surface area contributed by atoms with Gasteiger partial charge in [0.1, 0.15) is 11.5 Å². The van der Waals surface area contributed by atoms with Crippen LogP contribution in [0.5, 0.6) is 11.5 Å². The van der Waals surface area contributed by atoms with E-state index in [2.05, 4.69) is 5.92 Å². The molecule has 0 amide bonds. The average molecular weight is 398 g/mol. The highest BCUT2D eigenvalue weighted by molar-refractivity contribution is 6.16. The first-order valence-corrected chi connectivity index (χ1v) is 9.30. The second-order valence-electron chi connectivity index (χ2n) is 7.05. The minimum absolute atomic E-state index is 0.142. The molecule has 0 fully saturated rings. The van der Waals surface area contributed by atoms with Crippen molar-refractivity contribution in [3.63, 3.8) is 0 Å². The fourth-order valence-electron chi connectivity index (χ4n) is 4.11. The largest absolute Gasteiger partial charge is 0.507 e. The normalized spacial score (nSPS) is 13.7. The Morgan fingerprint density at radius 2 is 1.50 bits per heavy atom. The summed E-state index contributed by atoms with van der Waals surface area (Å²) in [6.07, 6.45) is 5.93. The fraction of sp³-hybridized carbons (Fsp3) is 0.120. The third kappa shape index (κ3) is 2.90. The van der Waals surface area contributed by atoms with Crippen molar-refractivity contribution in [1.82, 2.24) is 0 Å². The molecule has 1 atom stereocenters. The molecule has 0 spiro atoms. The van der Waals surface area contributed by atoms with Gasteiger partial charge >= 0.3 is 5.97 Å². The predicted molar refractivity (Wildman–Crippen MR) is 111 cm³/mol. The molecule has 0 heterocycles. The van der Waals surface area contributed by atoms with Gasteiger partial charge < -0.3 is 14.9 Å². The Balaban J connectivity index is 1.92. The van der Waals surface area contributed by atoms with Crippen LogP contribution in [-0.4, -0.2) is 29.1 Å². The molecule has 1 aliphatic carbocycles. The number of carbonyl (C=O) groups is 2. The maximum atomic E-state index is 13.1. The molecule has 4 rings (SSSR count). The van der Waals surface area contributed by atoms with Crippen molar-refractivity contribution in [3.8, 4) is 23.8 Å². The summed E-state index contributed by atoms with van der Waals surface area (Å²) in [7, 11) is 1.31. The molecule has 148 valence electrons. The number of benzene rings is 3. The first-order chi connectivity index (χ1) is 14.5. The van der Waals surface area contributed by atoms with Crippen LogP contribution in [0.3, 0.4) is 0 Å². The van der Waals surface area contributed by atoms with Gasteiger partial charge in [-0.15, -0.1) is 6.42 Å². The topological polar surface area (TPSA) is 83.8 Å². The minimum Gasteiger partial charge on any atom is -0.507 e. The van der Waals surface area contributed by atoms with E-state index in [0.29, 0.717) is 16.7 Å². The van der Waals surface area contributed by atoms with Crippen molar-refractivity contribution in [2.24, 2.45) is 0 Å². The van der Waals surface area contributed by atoms with Gasteiger partial charge in [0.15, 0.2) is 0 Å². The number of esters is 1. The van der Waals surface area contributed by atoms with Gasteiger partial charge in [0, 0.05) is 5.92 Å².